The molecule has 0 radical (unpaired) electrons. The third-order valence-corrected chi connectivity index (χ3v) is 5.22. The van der Waals surface area contributed by atoms with Crippen LogP contribution in [0.25, 0.3) is 0 Å². The smallest absolute Gasteiger partial charge is 0.211 e. The first-order valence-electron chi connectivity index (χ1n) is 7.71. The monoisotopic (exact) mass is 343 g/mol. The number of nitrogens with zero attached hydrogens (tertiary/aromatic N) is 1. The van der Waals surface area contributed by atoms with Gasteiger partial charge in [0.2, 0.25) is 10.0 Å². The fourth-order valence-electron chi connectivity index (χ4n) is 2.99. The van der Waals surface area contributed by atoms with Crippen LogP contribution in [-0.2, 0) is 10.0 Å². The average molecular weight is 343 g/mol. The lowest BCUT2D eigenvalue weighted by Gasteiger charge is -2.41. The summed E-state index contributed by atoms with van der Waals surface area (Å²) < 4.78 is 37.2. The summed E-state index contributed by atoms with van der Waals surface area (Å²) in [5.41, 5.74) is 0.343. The van der Waals surface area contributed by atoms with Crippen LogP contribution < -0.4 is 9.47 Å². The molecule has 0 amide bonds. The van der Waals surface area contributed by atoms with Gasteiger partial charge in [0.05, 0.1) is 18.9 Å². The van der Waals surface area contributed by atoms with Crippen LogP contribution in [0.5, 0.6) is 11.5 Å². The number of fused-ring (bicyclic) bond motifs is 1. The van der Waals surface area contributed by atoms with Crippen molar-refractivity contribution < 1.29 is 23.0 Å². The van der Waals surface area contributed by atoms with E-state index in [1.165, 1.54) is 10.6 Å². The first-order valence-corrected chi connectivity index (χ1v) is 9.56. The van der Waals surface area contributed by atoms with E-state index in [-0.39, 0.29) is 19.3 Å². The van der Waals surface area contributed by atoms with Crippen LogP contribution in [0.4, 0.5) is 0 Å². The standard InChI is InChI=1S/C16H25NO5S/c1-5-17(23(4,19)20)14-11-16(2,3)22-15-7-6-12(10-13(14)15)21-9-8-18/h6-7,10,14,18H,5,8-9,11H2,1-4H3. The molecular formula is C16H25NO5S. The Morgan fingerprint density at radius 3 is 2.70 bits per heavy atom. The molecule has 0 saturated carbocycles. The summed E-state index contributed by atoms with van der Waals surface area (Å²) in [4.78, 5) is 0. The zero-order chi connectivity index (χ0) is 17.3. The van der Waals surface area contributed by atoms with E-state index >= 15 is 0 Å². The summed E-state index contributed by atoms with van der Waals surface area (Å²) in [5.74, 6) is 1.26. The number of aliphatic hydroxyl groups is 1. The Balaban J connectivity index is 2.47. The third-order valence-electron chi connectivity index (χ3n) is 3.86. The van der Waals surface area contributed by atoms with Crippen LogP contribution in [0.3, 0.4) is 0 Å². The van der Waals surface area contributed by atoms with E-state index in [1.54, 1.807) is 18.2 Å². The average Bonchev–Trinajstić information content (AvgIpc) is 2.43. The fourth-order valence-corrected chi connectivity index (χ4v) is 4.11. The molecule has 1 aliphatic heterocycles. The van der Waals surface area contributed by atoms with E-state index in [9.17, 15) is 8.42 Å². The summed E-state index contributed by atoms with van der Waals surface area (Å²) in [6.45, 7) is 6.24. The van der Waals surface area contributed by atoms with Crippen molar-refractivity contribution in [1.29, 1.82) is 0 Å². The first kappa shape index (κ1) is 18.0. The van der Waals surface area contributed by atoms with Crippen LogP contribution >= 0.6 is 0 Å². The molecule has 0 bridgehead atoms. The van der Waals surface area contributed by atoms with Crippen LogP contribution in [0.1, 0.15) is 38.8 Å². The molecule has 1 aromatic carbocycles. The van der Waals surface area contributed by atoms with Crippen molar-refractivity contribution in [2.75, 3.05) is 26.0 Å². The molecule has 130 valence electrons. The molecule has 6 nitrogen and oxygen atoms in total. The van der Waals surface area contributed by atoms with Crippen LogP contribution in [0, 0.1) is 0 Å². The molecule has 1 heterocycles. The quantitative estimate of drug-likeness (QED) is 0.854. The Kier molecular flexibility index (Phi) is 5.23. The number of benzene rings is 1. The van der Waals surface area contributed by atoms with E-state index in [2.05, 4.69) is 0 Å². The normalized spacial score (nSPS) is 20.0. The number of sulfonamides is 1. The van der Waals surface area contributed by atoms with Gasteiger partial charge in [-0.25, -0.2) is 8.42 Å². The number of rotatable bonds is 6. The Morgan fingerprint density at radius 2 is 2.13 bits per heavy atom. The van der Waals surface area contributed by atoms with Crippen molar-refractivity contribution in [3.05, 3.63) is 23.8 Å². The highest BCUT2D eigenvalue weighted by Crippen LogP contribution is 2.44. The van der Waals surface area contributed by atoms with E-state index < -0.39 is 15.6 Å². The van der Waals surface area contributed by atoms with Gasteiger partial charge in [0.15, 0.2) is 0 Å². The van der Waals surface area contributed by atoms with Crippen molar-refractivity contribution in [2.45, 2.75) is 38.8 Å². The van der Waals surface area contributed by atoms with E-state index in [1.807, 2.05) is 20.8 Å². The van der Waals surface area contributed by atoms with Crippen LogP contribution in [0.15, 0.2) is 18.2 Å². The summed E-state index contributed by atoms with van der Waals surface area (Å²) in [7, 11) is -3.34. The topological polar surface area (TPSA) is 76.1 Å². The van der Waals surface area contributed by atoms with E-state index in [4.69, 9.17) is 14.6 Å². The van der Waals surface area contributed by atoms with Crippen molar-refractivity contribution >= 4 is 10.0 Å². The predicted molar refractivity (Wildman–Crippen MR) is 88.3 cm³/mol. The van der Waals surface area contributed by atoms with Gasteiger partial charge in [-0.15, -0.1) is 0 Å². The predicted octanol–water partition coefficient (Wildman–Crippen LogP) is 1.94. The minimum atomic E-state index is -3.34. The first-order chi connectivity index (χ1) is 10.7. The van der Waals surface area contributed by atoms with Crippen molar-refractivity contribution in [2.24, 2.45) is 0 Å². The Morgan fingerprint density at radius 1 is 1.43 bits per heavy atom. The van der Waals surface area contributed by atoms with Gasteiger partial charge in [-0.3, -0.25) is 0 Å². The van der Waals surface area contributed by atoms with Crippen molar-refractivity contribution in [3.8, 4) is 11.5 Å². The Labute approximate surface area is 138 Å². The highest BCUT2D eigenvalue weighted by Gasteiger charge is 2.39. The Hall–Kier alpha value is -1.31. The summed E-state index contributed by atoms with van der Waals surface area (Å²) in [6, 6.07) is 5.07. The maximum atomic E-state index is 12.2. The number of hydrogen-bond donors (Lipinski definition) is 1. The number of aliphatic hydroxyl groups excluding tert-OH is 1. The summed E-state index contributed by atoms with van der Waals surface area (Å²) in [5, 5.41) is 8.88. The van der Waals surface area contributed by atoms with Gasteiger partial charge in [-0.05, 0) is 32.0 Å². The summed E-state index contributed by atoms with van der Waals surface area (Å²) in [6.07, 6.45) is 1.79. The molecule has 23 heavy (non-hydrogen) atoms. The van der Waals surface area contributed by atoms with Crippen LogP contribution in [0.2, 0.25) is 0 Å². The molecule has 7 heteroatoms. The lowest BCUT2D eigenvalue weighted by atomic mass is 9.89. The highest BCUT2D eigenvalue weighted by atomic mass is 32.2. The second kappa shape index (κ2) is 6.67. The minimum Gasteiger partial charge on any atom is -0.491 e. The minimum absolute atomic E-state index is 0.0749. The second-order valence-electron chi connectivity index (χ2n) is 6.32. The molecule has 1 aromatic rings. The molecule has 2 rings (SSSR count). The molecule has 0 fully saturated rings. The number of ether oxygens (including phenoxy) is 2. The van der Waals surface area contributed by atoms with Crippen molar-refractivity contribution in [3.63, 3.8) is 0 Å². The van der Waals surface area contributed by atoms with Gasteiger partial charge in [0.1, 0.15) is 23.7 Å². The Bertz CT molecular complexity index is 656. The lowest BCUT2D eigenvalue weighted by molar-refractivity contribution is 0.0510. The van der Waals surface area contributed by atoms with Crippen molar-refractivity contribution in [1.82, 2.24) is 4.31 Å². The molecule has 1 atom stereocenters. The third kappa shape index (κ3) is 4.16. The number of hydrogen-bond acceptors (Lipinski definition) is 5. The molecule has 0 saturated heterocycles. The van der Waals surface area contributed by atoms with E-state index in [0.29, 0.717) is 24.5 Å². The molecule has 0 aromatic heterocycles. The zero-order valence-electron chi connectivity index (χ0n) is 14.1. The van der Waals surface area contributed by atoms with E-state index in [0.717, 1.165) is 5.56 Å². The van der Waals surface area contributed by atoms with Gasteiger partial charge in [0.25, 0.3) is 0 Å². The van der Waals surface area contributed by atoms with Gasteiger partial charge < -0.3 is 14.6 Å². The summed E-state index contributed by atoms with van der Waals surface area (Å²) >= 11 is 0. The maximum absolute atomic E-state index is 12.2. The lowest BCUT2D eigenvalue weighted by Crippen LogP contribution is -2.43. The van der Waals surface area contributed by atoms with Gasteiger partial charge in [0, 0.05) is 18.5 Å². The molecule has 1 N–H and O–H groups in total. The largest absolute Gasteiger partial charge is 0.491 e. The zero-order valence-corrected chi connectivity index (χ0v) is 14.9. The van der Waals surface area contributed by atoms with Gasteiger partial charge in [-0.2, -0.15) is 4.31 Å². The molecule has 1 unspecified atom stereocenters. The molecular weight excluding hydrogens is 318 g/mol. The highest BCUT2D eigenvalue weighted by molar-refractivity contribution is 7.88. The fraction of sp³-hybridized carbons (Fsp3) is 0.625. The molecule has 1 aliphatic rings. The van der Waals surface area contributed by atoms with Gasteiger partial charge >= 0.3 is 0 Å². The maximum Gasteiger partial charge on any atom is 0.211 e. The molecule has 0 spiro atoms. The van der Waals surface area contributed by atoms with Gasteiger partial charge in [-0.1, -0.05) is 6.92 Å². The SMILES string of the molecule is CCN(C1CC(C)(C)Oc2ccc(OCCO)cc21)S(C)(=O)=O. The van der Waals surface area contributed by atoms with Crippen LogP contribution in [-0.4, -0.2) is 49.4 Å². The molecule has 0 aliphatic carbocycles. The second-order valence-corrected chi connectivity index (χ2v) is 8.25.